The van der Waals surface area contributed by atoms with E-state index in [4.69, 9.17) is 5.26 Å². The van der Waals surface area contributed by atoms with Crippen molar-refractivity contribution >= 4 is 28.6 Å². The van der Waals surface area contributed by atoms with E-state index in [0.29, 0.717) is 5.92 Å². The Hall–Kier alpha value is -2.84. The Bertz CT molecular complexity index is 993. The van der Waals surface area contributed by atoms with Crippen LogP contribution in [0.4, 0.5) is 0 Å². The summed E-state index contributed by atoms with van der Waals surface area (Å²) in [5, 5.41) is 12.3. The topological polar surface area (TPSA) is 65.8 Å². The maximum absolute atomic E-state index is 12.4. The lowest BCUT2D eigenvalue weighted by atomic mass is 10.0. The molecule has 28 heavy (non-hydrogen) atoms. The summed E-state index contributed by atoms with van der Waals surface area (Å²) in [5.74, 6) is 0.321. The average Bonchev–Trinajstić information content (AvgIpc) is 2.71. The molecule has 0 aliphatic rings. The number of carbonyl (C=O) groups is 1. The van der Waals surface area contributed by atoms with Crippen molar-refractivity contribution in [2.45, 2.75) is 30.4 Å². The Balaban J connectivity index is 1.76. The number of amides is 1. The Morgan fingerprint density at radius 2 is 1.89 bits per heavy atom. The molecule has 142 valence electrons. The molecule has 3 aromatic rings. The number of hydrogen-bond acceptors (Lipinski definition) is 4. The van der Waals surface area contributed by atoms with E-state index in [-0.39, 0.29) is 17.7 Å². The van der Waals surface area contributed by atoms with E-state index in [1.165, 1.54) is 0 Å². The first-order valence-corrected chi connectivity index (χ1v) is 10.2. The first kappa shape index (κ1) is 19.9. The minimum absolute atomic E-state index is 0.0454. The summed E-state index contributed by atoms with van der Waals surface area (Å²) in [6.45, 7) is 4.25. The van der Waals surface area contributed by atoms with Gasteiger partial charge in [-0.05, 0) is 53.8 Å². The number of nitrogens with zero attached hydrogens (tertiary/aromatic N) is 2. The van der Waals surface area contributed by atoms with Crippen LogP contribution in [0.3, 0.4) is 0 Å². The van der Waals surface area contributed by atoms with Gasteiger partial charge in [0.05, 0.1) is 16.8 Å². The van der Waals surface area contributed by atoms with Crippen LogP contribution in [0.15, 0.2) is 65.7 Å². The van der Waals surface area contributed by atoms with E-state index >= 15 is 0 Å². The number of rotatable bonds is 7. The molecule has 0 radical (unpaired) electrons. The minimum atomic E-state index is -0.203. The lowest BCUT2D eigenvalue weighted by Gasteiger charge is -2.17. The third-order valence-electron chi connectivity index (χ3n) is 4.39. The maximum atomic E-state index is 12.4. The fourth-order valence-electron chi connectivity index (χ4n) is 3.02. The minimum Gasteiger partial charge on any atom is -0.342 e. The third-order valence-corrected chi connectivity index (χ3v) is 5.62. The van der Waals surface area contributed by atoms with Crippen molar-refractivity contribution in [3.05, 3.63) is 60.8 Å². The van der Waals surface area contributed by atoms with Crippen LogP contribution in [0.5, 0.6) is 0 Å². The molecule has 2 aromatic carbocycles. The van der Waals surface area contributed by atoms with Gasteiger partial charge in [0.1, 0.15) is 6.54 Å². The van der Waals surface area contributed by atoms with Crippen molar-refractivity contribution in [3.8, 4) is 17.2 Å². The number of hydrogen-bond donors (Lipinski definition) is 1. The molecule has 0 fully saturated rings. The Morgan fingerprint density at radius 1 is 1.14 bits per heavy atom. The van der Waals surface area contributed by atoms with E-state index in [1.807, 2.05) is 18.2 Å². The highest BCUT2D eigenvalue weighted by Gasteiger charge is 2.20. The van der Waals surface area contributed by atoms with Crippen molar-refractivity contribution < 1.29 is 4.79 Å². The second-order valence-corrected chi connectivity index (χ2v) is 8.32. The molecule has 0 saturated heterocycles. The SMILES string of the molecule is CC(C)CC(Sc1ccc(-c2ccc3ncccc3c2)cc1)C(=O)NCC#N. The van der Waals surface area contributed by atoms with E-state index in [1.54, 1.807) is 18.0 Å². The molecule has 0 aliphatic heterocycles. The summed E-state index contributed by atoms with van der Waals surface area (Å²) in [4.78, 5) is 17.8. The van der Waals surface area contributed by atoms with Crippen molar-refractivity contribution in [2.75, 3.05) is 6.54 Å². The van der Waals surface area contributed by atoms with Crippen LogP contribution in [0.25, 0.3) is 22.0 Å². The van der Waals surface area contributed by atoms with Gasteiger partial charge in [-0.2, -0.15) is 5.26 Å². The summed E-state index contributed by atoms with van der Waals surface area (Å²) < 4.78 is 0. The van der Waals surface area contributed by atoms with Gasteiger partial charge in [0.2, 0.25) is 5.91 Å². The van der Waals surface area contributed by atoms with Crippen LogP contribution in [0.1, 0.15) is 20.3 Å². The number of aromatic nitrogens is 1. The molecule has 4 nitrogen and oxygen atoms in total. The largest absolute Gasteiger partial charge is 0.342 e. The normalized spacial score (nSPS) is 11.9. The molecule has 0 aliphatic carbocycles. The van der Waals surface area contributed by atoms with E-state index in [0.717, 1.165) is 33.3 Å². The number of fused-ring (bicyclic) bond motifs is 1. The Morgan fingerprint density at radius 3 is 2.61 bits per heavy atom. The van der Waals surface area contributed by atoms with E-state index < -0.39 is 0 Å². The lowest BCUT2D eigenvalue weighted by molar-refractivity contribution is -0.120. The van der Waals surface area contributed by atoms with Gasteiger partial charge in [-0.1, -0.05) is 38.1 Å². The van der Waals surface area contributed by atoms with Gasteiger partial charge in [0.15, 0.2) is 0 Å². The average molecular weight is 390 g/mol. The number of carbonyl (C=O) groups excluding carboxylic acids is 1. The maximum Gasteiger partial charge on any atom is 0.234 e. The highest BCUT2D eigenvalue weighted by atomic mass is 32.2. The summed E-state index contributed by atoms with van der Waals surface area (Å²) in [7, 11) is 0. The van der Waals surface area contributed by atoms with E-state index in [9.17, 15) is 4.79 Å². The number of nitrogens with one attached hydrogen (secondary N) is 1. The number of thioether (sulfide) groups is 1. The van der Waals surface area contributed by atoms with Gasteiger partial charge >= 0.3 is 0 Å². The monoisotopic (exact) mass is 389 g/mol. The molecule has 0 bridgehead atoms. The first-order chi connectivity index (χ1) is 13.6. The predicted molar refractivity (Wildman–Crippen MR) is 115 cm³/mol. The van der Waals surface area contributed by atoms with Gasteiger partial charge in [0, 0.05) is 16.5 Å². The zero-order valence-corrected chi connectivity index (χ0v) is 16.9. The lowest BCUT2D eigenvalue weighted by Crippen LogP contribution is -2.33. The highest BCUT2D eigenvalue weighted by Crippen LogP contribution is 2.30. The van der Waals surface area contributed by atoms with Crippen LogP contribution in [-0.2, 0) is 4.79 Å². The summed E-state index contributed by atoms with van der Waals surface area (Å²) in [5.41, 5.74) is 3.25. The molecular weight excluding hydrogens is 366 g/mol. The van der Waals surface area contributed by atoms with Gasteiger partial charge in [-0.15, -0.1) is 11.8 Å². The molecule has 0 spiro atoms. The zero-order valence-electron chi connectivity index (χ0n) is 16.1. The van der Waals surface area contributed by atoms with Gasteiger partial charge < -0.3 is 5.32 Å². The Labute approximate surface area is 170 Å². The van der Waals surface area contributed by atoms with Gasteiger partial charge in [-0.25, -0.2) is 0 Å². The van der Waals surface area contributed by atoms with Crippen molar-refractivity contribution in [3.63, 3.8) is 0 Å². The first-order valence-electron chi connectivity index (χ1n) is 9.33. The van der Waals surface area contributed by atoms with E-state index in [2.05, 4.69) is 66.6 Å². The second-order valence-electron chi connectivity index (χ2n) is 7.05. The summed E-state index contributed by atoms with van der Waals surface area (Å²) in [6, 6.07) is 20.5. The summed E-state index contributed by atoms with van der Waals surface area (Å²) >= 11 is 1.55. The van der Waals surface area contributed by atoms with Gasteiger partial charge in [-0.3, -0.25) is 9.78 Å². The van der Waals surface area contributed by atoms with Crippen LogP contribution < -0.4 is 5.32 Å². The fraction of sp³-hybridized carbons (Fsp3) is 0.261. The highest BCUT2D eigenvalue weighted by molar-refractivity contribution is 8.00. The fourth-order valence-corrected chi connectivity index (χ4v) is 4.32. The Kier molecular flexibility index (Phi) is 6.67. The van der Waals surface area contributed by atoms with Gasteiger partial charge in [0.25, 0.3) is 0 Å². The van der Waals surface area contributed by atoms with Crippen LogP contribution >= 0.6 is 11.8 Å². The number of benzene rings is 2. The second kappa shape index (κ2) is 9.38. The number of nitriles is 1. The number of pyridine rings is 1. The quantitative estimate of drug-likeness (QED) is 0.454. The molecule has 3 rings (SSSR count). The summed E-state index contributed by atoms with van der Waals surface area (Å²) in [6.07, 6.45) is 2.57. The molecular formula is C23H23N3OS. The zero-order chi connectivity index (χ0) is 19.9. The molecule has 5 heteroatoms. The van der Waals surface area contributed by atoms with Crippen LogP contribution in [0.2, 0.25) is 0 Å². The molecule has 0 saturated carbocycles. The molecule has 1 unspecified atom stereocenters. The standard InChI is InChI=1S/C23H23N3OS/c1-16(2)14-22(23(27)26-13-11-24)28-20-8-5-17(6-9-20)18-7-10-21-19(15-18)4-3-12-25-21/h3-10,12,15-16,22H,13-14H2,1-2H3,(H,26,27). The molecule has 1 atom stereocenters. The van der Waals surface area contributed by atoms with Crippen molar-refractivity contribution in [2.24, 2.45) is 5.92 Å². The molecule has 1 heterocycles. The molecule has 1 aromatic heterocycles. The predicted octanol–water partition coefficient (Wildman–Crippen LogP) is 5.05. The van der Waals surface area contributed by atoms with Crippen LogP contribution in [0, 0.1) is 17.2 Å². The third kappa shape index (κ3) is 5.11. The van der Waals surface area contributed by atoms with Crippen molar-refractivity contribution in [1.82, 2.24) is 10.3 Å². The van der Waals surface area contributed by atoms with Crippen LogP contribution in [-0.4, -0.2) is 22.7 Å². The molecule has 1 amide bonds. The molecule has 1 N–H and O–H groups in total. The smallest absolute Gasteiger partial charge is 0.234 e. The van der Waals surface area contributed by atoms with Crippen molar-refractivity contribution in [1.29, 1.82) is 5.26 Å².